The SMILES string of the molecule is COCC(N)C(=O)NCC(OC)c1ccccc1.Cl. The minimum atomic E-state index is -0.650. The standard InChI is InChI=1S/C13H20N2O3.ClH/c1-17-9-11(14)13(16)15-8-12(18-2)10-6-4-3-5-7-10;/h3-7,11-12H,8-9,14H2,1-2H3,(H,15,16);1H. The molecule has 0 aliphatic rings. The fraction of sp³-hybridized carbons (Fsp3) is 0.462. The summed E-state index contributed by atoms with van der Waals surface area (Å²) in [6.45, 7) is 0.589. The molecular weight excluding hydrogens is 268 g/mol. The molecule has 5 nitrogen and oxygen atoms in total. The second-order valence-corrected chi connectivity index (χ2v) is 3.94. The van der Waals surface area contributed by atoms with Gasteiger partial charge in [0.1, 0.15) is 6.04 Å². The van der Waals surface area contributed by atoms with Crippen molar-refractivity contribution in [2.24, 2.45) is 5.73 Å². The van der Waals surface area contributed by atoms with Crippen molar-refractivity contribution in [1.29, 1.82) is 0 Å². The number of hydrogen-bond donors (Lipinski definition) is 2. The Hall–Kier alpha value is -1.14. The van der Waals surface area contributed by atoms with Gasteiger partial charge in [-0.15, -0.1) is 12.4 Å². The highest BCUT2D eigenvalue weighted by Crippen LogP contribution is 2.14. The summed E-state index contributed by atoms with van der Waals surface area (Å²) in [5, 5.41) is 2.75. The molecule has 0 fully saturated rings. The van der Waals surface area contributed by atoms with Gasteiger partial charge in [0.25, 0.3) is 0 Å². The number of rotatable bonds is 7. The average Bonchev–Trinajstić information content (AvgIpc) is 2.40. The molecule has 0 bridgehead atoms. The van der Waals surface area contributed by atoms with Crippen molar-refractivity contribution in [1.82, 2.24) is 5.32 Å². The maximum absolute atomic E-state index is 11.6. The Morgan fingerprint density at radius 1 is 1.32 bits per heavy atom. The van der Waals surface area contributed by atoms with Crippen LogP contribution in [0.5, 0.6) is 0 Å². The second-order valence-electron chi connectivity index (χ2n) is 3.94. The van der Waals surface area contributed by atoms with Crippen LogP contribution in [0.1, 0.15) is 11.7 Å². The third-order valence-electron chi connectivity index (χ3n) is 2.60. The number of carbonyl (C=O) groups is 1. The van der Waals surface area contributed by atoms with Crippen molar-refractivity contribution >= 4 is 18.3 Å². The van der Waals surface area contributed by atoms with E-state index in [-0.39, 0.29) is 31.0 Å². The Kier molecular flexibility index (Phi) is 9.16. The quantitative estimate of drug-likeness (QED) is 0.781. The molecule has 0 spiro atoms. The predicted octanol–water partition coefficient (Wildman–Crippen LogP) is 0.886. The van der Waals surface area contributed by atoms with E-state index in [1.54, 1.807) is 7.11 Å². The number of methoxy groups -OCH3 is 2. The summed E-state index contributed by atoms with van der Waals surface area (Å²) in [5.74, 6) is -0.241. The number of amides is 1. The monoisotopic (exact) mass is 288 g/mol. The van der Waals surface area contributed by atoms with Crippen LogP contribution in [0.3, 0.4) is 0 Å². The van der Waals surface area contributed by atoms with Crippen molar-refractivity contribution in [2.75, 3.05) is 27.4 Å². The first-order valence-electron chi connectivity index (χ1n) is 5.79. The van der Waals surface area contributed by atoms with Crippen LogP contribution in [-0.4, -0.2) is 39.3 Å². The van der Waals surface area contributed by atoms with E-state index in [0.29, 0.717) is 6.54 Å². The van der Waals surface area contributed by atoms with E-state index < -0.39 is 6.04 Å². The molecule has 1 amide bonds. The zero-order chi connectivity index (χ0) is 13.4. The van der Waals surface area contributed by atoms with Crippen molar-refractivity contribution in [2.45, 2.75) is 12.1 Å². The van der Waals surface area contributed by atoms with Gasteiger partial charge in [0.15, 0.2) is 0 Å². The molecule has 1 aromatic carbocycles. The van der Waals surface area contributed by atoms with Crippen LogP contribution in [-0.2, 0) is 14.3 Å². The summed E-state index contributed by atoms with van der Waals surface area (Å²) in [4.78, 5) is 11.6. The first-order valence-corrected chi connectivity index (χ1v) is 5.79. The smallest absolute Gasteiger partial charge is 0.239 e. The lowest BCUT2D eigenvalue weighted by Gasteiger charge is -2.18. The molecule has 1 aromatic rings. The topological polar surface area (TPSA) is 73.6 Å². The number of benzene rings is 1. The van der Waals surface area contributed by atoms with E-state index >= 15 is 0 Å². The van der Waals surface area contributed by atoms with E-state index in [2.05, 4.69) is 5.32 Å². The molecule has 6 heteroatoms. The minimum Gasteiger partial charge on any atom is -0.383 e. The molecule has 0 saturated carbocycles. The molecule has 108 valence electrons. The van der Waals surface area contributed by atoms with Crippen LogP contribution in [0, 0.1) is 0 Å². The molecule has 0 radical (unpaired) electrons. The predicted molar refractivity (Wildman–Crippen MR) is 76.3 cm³/mol. The van der Waals surface area contributed by atoms with Gasteiger partial charge in [-0.05, 0) is 5.56 Å². The summed E-state index contributed by atoms with van der Waals surface area (Å²) < 4.78 is 10.2. The van der Waals surface area contributed by atoms with Crippen molar-refractivity contribution in [3.63, 3.8) is 0 Å². The highest BCUT2D eigenvalue weighted by Gasteiger charge is 2.16. The molecule has 0 aromatic heterocycles. The molecule has 19 heavy (non-hydrogen) atoms. The van der Waals surface area contributed by atoms with Gasteiger partial charge < -0.3 is 20.5 Å². The Balaban J connectivity index is 0.00000324. The van der Waals surface area contributed by atoms with Gasteiger partial charge in [-0.2, -0.15) is 0 Å². The maximum Gasteiger partial charge on any atom is 0.239 e. The summed E-state index contributed by atoms with van der Waals surface area (Å²) in [5.41, 5.74) is 6.63. The second kappa shape index (κ2) is 9.75. The van der Waals surface area contributed by atoms with Gasteiger partial charge in [0.2, 0.25) is 5.91 Å². The number of halogens is 1. The normalized spacial score (nSPS) is 13.2. The largest absolute Gasteiger partial charge is 0.383 e. The molecule has 0 heterocycles. The number of nitrogens with two attached hydrogens (primary N) is 1. The molecule has 3 N–H and O–H groups in total. The summed E-state index contributed by atoms with van der Waals surface area (Å²) >= 11 is 0. The van der Waals surface area contributed by atoms with Crippen molar-refractivity contribution < 1.29 is 14.3 Å². The van der Waals surface area contributed by atoms with Gasteiger partial charge in [-0.3, -0.25) is 4.79 Å². The molecule has 0 saturated heterocycles. The molecule has 2 unspecified atom stereocenters. The highest BCUT2D eigenvalue weighted by atomic mass is 35.5. The fourth-order valence-electron chi connectivity index (χ4n) is 1.58. The molecule has 1 rings (SSSR count). The summed E-state index contributed by atoms with van der Waals surface area (Å²) in [6, 6.07) is 9.05. The zero-order valence-electron chi connectivity index (χ0n) is 11.2. The molecular formula is C13H21ClN2O3. The third-order valence-corrected chi connectivity index (χ3v) is 2.60. The maximum atomic E-state index is 11.6. The van der Waals surface area contributed by atoms with E-state index in [9.17, 15) is 4.79 Å². The average molecular weight is 289 g/mol. The first kappa shape index (κ1) is 17.9. The van der Waals surface area contributed by atoms with Crippen LogP contribution >= 0.6 is 12.4 Å². The van der Waals surface area contributed by atoms with E-state index in [1.807, 2.05) is 30.3 Å². The van der Waals surface area contributed by atoms with Gasteiger partial charge in [-0.1, -0.05) is 30.3 Å². The number of carbonyl (C=O) groups excluding carboxylic acids is 1. The highest BCUT2D eigenvalue weighted by molar-refractivity contribution is 5.85. The molecule has 2 atom stereocenters. The van der Waals surface area contributed by atoms with Gasteiger partial charge in [0, 0.05) is 20.8 Å². The number of nitrogens with one attached hydrogen (secondary N) is 1. The van der Waals surface area contributed by atoms with E-state index in [1.165, 1.54) is 7.11 Å². The third kappa shape index (κ3) is 6.02. The Morgan fingerprint density at radius 2 is 1.95 bits per heavy atom. The Bertz CT molecular complexity index is 362. The summed E-state index contributed by atoms with van der Waals surface area (Å²) in [7, 11) is 3.12. The Labute approximate surface area is 119 Å². The fourth-order valence-corrected chi connectivity index (χ4v) is 1.58. The summed E-state index contributed by atoms with van der Waals surface area (Å²) in [6.07, 6.45) is -0.176. The van der Waals surface area contributed by atoms with Crippen LogP contribution in [0.4, 0.5) is 0 Å². The van der Waals surface area contributed by atoms with E-state index in [4.69, 9.17) is 15.2 Å². The first-order chi connectivity index (χ1) is 8.69. The lowest BCUT2D eigenvalue weighted by molar-refractivity contribution is -0.124. The zero-order valence-corrected chi connectivity index (χ0v) is 12.0. The van der Waals surface area contributed by atoms with Gasteiger partial charge >= 0.3 is 0 Å². The van der Waals surface area contributed by atoms with Crippen LogP contribution in [0.25, 0.3) is 0 Å². The minimum absolute atomic E-state index is 0. The molecule has 0 aliphatic heterocycles. The number of ether oxygens (including phenoxy) is 2. The van der Waals surface area contributed by atoms with Crippen LogP contribution in [0.15, 0.2) is 30.3 Å². The van der Waals surface area contributed by atoms with Crippen molar-refractivity contribution in [3.8, 4) is 0 Å². The van der Waals surface area contributed by atoms with Crippen molar-refractivity contribution in [3.05, 3.63) is 35.9 Å². The number of hydrogen-bond acceptors (Lipinski definition) is 4. The molecule has 0 aliphatic carbocycles. The van der Waals surface area contributed by atoms with Crippen LogP contribution in [0.2, 0.25) is 0 Å². The lowest BCUT2D eigenvalue weighted by Crippen LogP contribution is -2.44. The van der Waals surface area contributed by atoms with Gasteiger partial charge in [0.05, 0.1) is 12.7 Å². The lowest BCUT2D eigenvalue weighted by atomic mass is 10.1. The van der Waals surface area contributed by atoms with E-state index in [0.717, 1.165) is 5.56 Å². The van der Waals surface area contributed by atoms with Gasteiger partial charge in [-0.25, -0.2) is 0 Å². The Morgan fingerprint density at radius 3 is 2.47 bits per heavy atom. The van der Waals surface area contributed by atoms with Crippen LogP contribution < -0.4 is 11.1 Å².